The normalized spacial score (nSPS) is 12.0. The van der Waals surface area contributed by atoms with Gasteiger partial charge in [0, 0.05) is 12.5 Å². The number of carboxylic acid groups (broad SMARTS) is 1. The van der Waals surface area contributed by atoms with Gasteiger partial charge in [-0.15, -0.1) is 0 Å². The topological polar surface area (TPSA) is 75.6 Å². The first kappa shape index (κ1) is 18.0. The zero-order valence-corrected chi connectivity index (χ0v) is 13.5. The Morgan fingerprint density at radius 2 is 1.82 bits per heavy atom. The van der Waals surface area contributed by atoms with Crippen molar-refractivity contribution >= 4 is 11.9 Å². The van der Waals surface area contributed by atoms with Gasteiger partial charge in [0.05, 0.1) is 0 Å². The maximum atomic E-state index is 11.8. The molecule has 0 aliphatic rings. The lowest BCUT2D eigenvalue weighted by Gasteiger charge is -2.16. The van der Waals surface area contributed by atoms with Crippen LogP contribution >= 0.6 is 0 Å². The van der Waals surface area contributed by atoms with Crippen molar-refractivity contribution in [3.05, 3.63) is 29.8 Å². The van der Waals surface area contributed by atoms with E-state index in [0.29, 0.717) is 18.1 Å². The van der Waals surface area contributed by atoms with E-state index < -0.39 is 5.97 Å². The summed E-state index contributed by atoms with van der Waals surface area (Å²) in [5.74, 6) is 0.191. The molecule has 1 unspecified atom stereocenters. The van der Waals surface area contributed by atoms with Crippen LogP contribution in [-0.4, -0.2) is 29.6 Å². The lowest BCUT2D eigenvalue weighted by atomic mass is 10.1. The van der Waals surface area contributed by atoms with Crippen molar-refractivity contribution in [3.63, 3.8) is 0 Å². The highest BCUT2D eigenvalue weighted by Gasteiger charge is 2.09. The molecule has 1 atom stereocenters. The summed E-state index contributed by atoms with van der Waals surface area (Å²) < 4.78 is 5.43. The van der Waals surface area contributed by atoms with E-state index in [2.05, 4.69) is 19.2 Å². The van der Waals surface area contributed by atoms with E-state index >= 15 is 0 Å². The molecule has 0 radical (unpaired) electrons. The number of carbonyl (C=O) groups excluding carboxylic acids is 1. The molecule has 1 rings (SSSR count). The van der Waals surface area contributed by atoms with Crippen molar-refractivity contribution in [2.24, 2.45) is 5.92 Å². The Bertz CT molecular complexity index is 482. The maximum absolute atomic E-state index is 11.8. The molecule has 2 N–H and O–H groups in total. The number of amides is 1. The number of carbonyl (C=O) groups is 2. The second-order valence-electron chi connectivity index (χ2n) is 5.92. The smallest absolute Gasteiger partial charge is 0.303 e. The van der Waals surface area contributed by atoms with Crippen LogP contribution in [0, 0.1) is 5.92 Å². The molecule has 0 bridgehead atoms. The first-order valence-electron chi connectivity index (χ1n) is 7.59. The van der Waals surface area contributed by atoms with Gasteiger partial charge in [-0.25, -0.2) is 0 Å². The fourth-order valence-corrected chi connectivity index (χ4v) is 2.24. The second-order valence-corrected chi connectivity index (χ2v) is 5.92. The number of aryl methyl sites for hydroxylation is 1. The lowest BCUT2D eigenvalue weighted by molar-refractivity contribution is -0.137. The van der Waals surface area contributed by atoms with Gasteiger partial charge in [0.25, 0.3) is 5.91 Å². The third kappa shape index (κ3) is 7.67. The molecule has 0 saturated heterocycles. The Morgan fingerprint density at radius 1 is 1.18 bits per heavy atom. The molecule has 0 aliphatic carbocycles. The van der Waals surface area contributed by atoms with Crippen LogP contribution in [0.4, 0.5) is 0 Å². The number of hydrogen-bond donors (Lipinski definition) is 2. The summed E-state index contributed by atoms with van der Waals surface area (Å²) in [5.41, 5.74) is 0.935. The number of benzene rings is 1. The molecule has 0 heterocycles. The van der Waals surface area contributed by atoms with Crippen LogP contribution in [0.2, 0.25) is 0 Å². The van der Waals surface area contributed by atoms with Gasteiger partial charge >= 0.3 is 5.97 Å². The van der Waals surface area contributed by atoms with Gasteiger partial charge < -0.3 is 15.2 Å². The highest BCUT2D eigenvalue weighted by atomic mass is 16.5. The van der Waals surface area contributed by atoms with Gasteiger partial charge in [-0.3, -0.25) is 9.59 Å². The van der Waals surface area contributed by atoms with E-state index in [4.69, 9.17) is 9.84 Å². The van der Waals surface area contributed by atoms with Gasteiger partial charge in [-0.1, -0.05) is 26.0 Å². The van der Waals surface area contributed by atoms with Gasteiger partial charge in [-0.05, 0) is 43.4 Å². The van der Waals surface area contributed by atoms with E-state index in [1.807, 2.05) is 19.1 Å². The molecule has 5 heteroatoms. The quantitative estimate of drug-likeness (QED) is 0.735. The number of aliphatic carboxylic acids is 1. The van der Waals surface area contributed by atoms with Gasteiger partial charge in [0.15, 0.2) is 6.61 Å². The fraction of sp³-hybridized carbons (Fsp3) is 0.529. The van der Waals surface area contributed by atoms with Crippen molar-refractivity contribution in [3.8, 4) is 5.75 Å². The molecule has 0 fully saturated rings. The van der Waals surface area contributed by atoms with Crippen LogP contribution in [0.5, 0.6) is 5.75 Å². The SMILES string of the molecule is CC(C)CC(C)NC(=O)COc1ccc(CCC(=O)O)cc1. The van der Waals surface area contributed by atoms with Crippen LogP contribution < -0.4 is 10.1 Å². The second kappa shape index (κ2) is 9.07. The lowest BCUT2D eigenvalue weighted by Crippen LogP contribution is -2.36. The fourth-order valence-electron chi connectivity index (χ4n) is 2.24. The van der Waals surface area contributed by atoms with Gasteiger partial charge in [-0.2, -0.15) is 0 Å². The molecular formula is C17H25NO4. The Balaban J connectivity index is 2.35. The van der Waals surface area contributed by atoms with E-state index in [1.165, 1.54) is 0 Å². The Kier molecular flexibility index (Phi) is 7.43. The van der Waals surface area contributed by atoms with Crippen molar-refractivity contribution in [1.29, 1.82) is 0 Å². The Morgan fingerprint density at radius 3 is 2.36 bits per heavy atom. The maximum Gasteiger partial charge on any atom is 0.303 e. The largest absolute Gasteiger partial charge is 0.484 e. The predicted octanol–water partition coefficient (Wildman–Crippen LogP) is 2.63. The van der Waals surface area contributed by atoms with Gasteiger partial charge in [0.2, 0.25) is 0 Å². The van der Waals surface area contributed by atoms with E-state index in [0.717, 1.165) is 12.0 Å². The average molecular weight is 307 g/mol. The van der Waals surface area contributed by atoms with Gasteiger partial charge in [0.1, 0.15) is 5.75 Å². The number of hydrogen-bond acceptors (Lipinski definition) is 3. The van der Waals surface area contributed by atoms with Crippen LogP contribution in [0.25, 0.3) is 0 Å². The van der Waals surface area contributed by atoms with Crippen molar-refractivity contribution in [2.45, 2.75) is 46.1 Å². The van der Waals surface area contributed by atoms with Crippen molar-refractivity contribution in [2.75, 3.05) is 6.61 Å². The molecule has 0 saturated carbocycles. The van der Waals surface area contributed by atoms with Crippen LogP contribution in [0.3, 0.4) is 0 Å². The summed E-state index contributed by atoms with van der Waals surface area (Å²) in [6.45, 7) is 6.20. The van der Waals surface area contributed by atoms with Crippen LogP contribution in [0.1, 0.15) is 39.2 Å². The summed E-state index contributed by atoms with van der Waals surface area (Å²) in [6, 6.07) is 7.27. The molecule has 22 heavy (non-hydrogen) atoms. The number of ether oxygens (including phenoxy) is 1. The molecule has 122 valence electrons. The molecule has 0 spiro atoms. The first-order chi connectivity index (χ1) is 10.4. The zero-order chi connectivity index (χ0) is 16.5. The minimum absolute atomic E-state index is 0.0170. The van der Waals surface area contributed by atoms with E-state index in [-0.39, 0.29) is 25.0 Å². The van der Waals surface area contributed by atoms with Crippen LogP contribution in [0.15, 0.2) is 24.3 Å². The Hall–Kier alpha value is -2.04. The third-order valence-electron chi connectivity index (χ3n) is 3.15. The van der Waals surface area contributed by atoms with Crippen LogP contribution in [-0.2, 0) is 16.0 Å². The summed E-state index contributed by atoms with van der Waals surface area (Å²) >= 11 is 0. The number of nitrogens with one attached hydrogen (secondary N) is 1. The summed E-state index contributed by atoms with van der Waals surface area (Å²) in [6.07, 6.45) is 1.53. The molecule has 1 aromatic carbocycles. The molecule has 5 nitrogen and oxygen atoms in total. The minimum Gasteiger partial charge on any atom is -0.484 e. The van der Waals surface area contributed by atoms with E-state index in [1.54, 1.807) is 12.1 Å². The third-order valence-corrected chi connectivity index (χ3v) is 3.15. The molecule has 1 amide bonds. The van der Waals surface area contributed by atoms with E-state index in [9.17, 15) is 9.59 Å². The molecule has 0 aromatic heterocycles. The highest BCUT2D eigenvalue weighted by molar-refractivity contribution is 5.77. The van der Waals surface area contributed by atoms with Crippen molar-refractivity contribution in [1.82, 2.24) is 5.32 Å². The monoisotopic (exact) mass is 307 g/mol. The standard InChI is InChI=1S/C17H25NO4/c1-12(2)10-13(3)18-16(19)11-22-15-7-4-14(5-8-15)6-9-17(20)21/h4-5,7-8,12-13H,6,9-11H2,1-3H3,(H,18,19)(H,20,21). The summed E-state index contributed by atoms with van der Waals surface area (Å²) in [5, 5.41) is 11.5. The zero-order valence-electron chi connectivity index (χ0n) is 13.5. The highest BCUT2D eigenvalue weighted by Crippen LogP contribution is 2.13. The summed E-state index contributed by atoms with van der Waals surface area (Å²) in [7, 11) is 0. The molecular weight excluding hydrogens is 282 g/mol. The Labute approximate surface area is 131 Å². The molecule has 1 aromatic rings. The minimum atomic E-state index is -0.812. The predicted molar refractivity (Wildman–Crippen MR) is 85.0 cm³/mol. The summed E-state index contributed by atoms with van der Waals surface area (Å²) in [4.78, 5) is 22.3. The average Bonchev–Trinajstić information content (AvgIpc) is 2.43. The van der Waals surface area contributed by atoms with Crippen molar-refractivity contribution < 1.29 is 19.4 Å². The first-order valence-corrected chi connectivity index (χ1v) is 7.59. The number of rotatable bonds is 9. The molecule has 0 aliphatic heterocycles. The number of carboxylic acids is 1.